The zero-order chi connectivity index (χ0) is 11.5. The molecule has 0 aliphatic carbocycles. The SMILES string of the molecule is CSc1ccc(C(=O)c2ccsc2C)cc1. The number of hydrogen-bond donors (Lipinski definition) is 0. The highest BCUT2D eigenvalue weighted by atomic mass is 32.2. The zero-order valence-electron chi connectivity index (χ0n) is 9.19. The maximum absolute atomic E-state index is 12.1. The molecule has 1 aromatic carbocycles. The summed E-state index contributed by atoms with van der Waals surface area (Å²) in [6.07, 6.45) is 2.03. The standard InChI is InChI=1S/C13H12OS2/c1-9-12(7-8-16-9)13(14)10-3-5-11(15-2)6-4-10/h3-8H,1-2H3. The molecule has 2 aromatic rings. The second-order valence-electron chi connectivity index (χ2n) is 3.45. The molecule has 82 valence electrons. The number of thioether (sulfide) groups is 1. The molecule has 0 amide bonds. The Hall–Kier alpha value is -1.06. The number of carbonyl (C=O) groups excluding carboxylic acids is 1. The fraction of sp³-hybridized carbons (Fsp3) is 0.154. The Bertz CT molecular complexity index is 497. The first-order valence-corrected chi connectivity index (χ1v) is 7.05. The summed E-state index contributed by atoms with van der Waals surface area (Å²) >= 11 is 3.29. The topological polar surface area (TPSA) is 17.1 Å². The van der Waals surface area contributed by atoms with Crippen LogP contribution in [-0.4, -0.2) is 12.0 Å². The van der Waals surface area contributed by atoms with Crippen LogP contribution in [0, 0.1) is 6.92 Å². The lowest BCUT2D eigenvalue weighted by Crippen LogP contribution is -2.00. The molecule has 2 rings (SSSR count). The molecule has 0 unspecified atom stereocenters. The van der Waals surface area contributed by atoms with E-state index in [4.69, 9.17) is 0 Å². The highest BCUT2D eigenvalue weighted by Gasteiger charge is 2.11. The Labute approximate surface area is 104 Å². The molecule has 0 atom stereocenters. The van der Waals surface area contributed by atoms with Gasteiger partial charge in [0.1, 0.15) is 0 Å². The summed E-state index contributed by atoms with van der Waals surface area (Å²) in [6, 6.07) is 9.65. The predicted octanol–water partition coefficient (Wildman–Crippen LogP) is 4.01. The summed E-state index contributed by atoms with van der Waals surface area (Å²) in [4.78, 5) is 14.4. The van der Waals surface area contributed by atoms with Crippen LogP contribution < -0.4 is 0 Å². The van der Waals surface area contributed by atoms with Crippen molar-refractivity contribution in [3.05, 3.63) is 51.7 Å². The number of hydrogen-bond acceptors (Lipinski definition) is 3. The van der Waals surface area contributed by atoms with Crippen LogP contribution in [0.25, 0.3) is 0 Å². The molecule has 1 aromatic heterocycles. The first-order chi connectivity index (χ1) is 7.72. The van der Waals surface area contributed by atoms with Gasteiger partial charge in [-0.2, -0.15) is 0 Å². The maximum atomic E-state index is 12.1. The first-order valence-electron chi connectivity index (χ1n) is 4.95. The van der Waals surface area contributed by atoms with E-state index < -0.39 is 0 Å². The summed E-state index contributed by atoms with van der Waals surface area (Å²) < 4.78 is 0. The van der Waals surface area contributed by atoms with Gasteiger partial charge in [-0.3, -0.25) is 4.79 Å². The molecule has 0 radical (unpaired) electrons. The van der Waals surface area contributed by atoms with Gasteiger partial charge in [0, 0.05) is 20.9 Å². The fourth-order valence-electron chi connectivity index (χ4n) is 1.52. The molecule has 1 heterocycles. The van der Waals surface area contributed by atoms with Crippen molar-refractivity contribution in [2.75, 3.05) is 6.26 Å². The van der Waals surface area contributed by atoms with Crippen LogP contribution in [0.15, 0.2) is 40.6 Å². The van der Waals surface area contributed by atoms with Crippen LogP contribution in [0.4, 0.5) is 0 Å². The van der Waals surface area contributed by atoms with E-state index in [2.05, 4.69) is 0 Å². The Morgan fingerprint density at radius 3 is 2.38 bits per heavy atom. The van der Waals surface area contributed by atoms with Gasteiger partial charge in [-0.15, -0.1) is 23.1 Å². The molecular formula is C13H12OS2. The van der Waals surface area contributed by atoms with Crippen molar-refractivity contribution in [1.82, 2.24) is 0 Å². The summed E-state index contributed by atoms with van der Waals surface area (Å²) in [5.41, 5.74) is 1.58. The van der Waals surface area contributed by atoms with E-state index in [9.17, 15) is 4.79 Å². The van der Waals surface area contributed by atoms with Gasteiger partial charge in [0.15, 0.2) is 5.78 Å². The molecule has 0 N–H and O–H groups in total. The van der Waals surface area contributed by atoms with Crippen LogP contribution in [0.2, 0.25) is 0 Å². The minimum absolute atomic E-state index is 0.117. The highest BCUT2D eigenvalue weighted by molar-refractivity contribution is 7.98. The van der Waals surface area contributed by atoms with Crippen LogP contribution >= 0.6 is 23.1 Å². The van der Waals surface area contributed by atoms with Gasteiger partial charge in [-0.25, -0.2) is 0 Å². The molecule has 1 nitrogen and oxygen atoms in total. The van der Waals surface area contributed by atoms with Crippen molar-refractivity contribution in [2.24, 2.45) is 0 Å². The van der Waals surface area contributed by atoms with Gasteiger partial charge in [0.05, 0.1) is 0 Å². The number of ketones is 1. The van der Waals surface area contributed by atoms with Crippen molar-refractivity contribution in [2.45, 2.75) is 11.8 Å². The highest BCUT2D eigenvalue weighted by Crippen LogP contribution is 2.21. The minimum atomic E-state index is 0.117. The smallest absolute Gasteiger partial charge is 0.194 e. The zero-order valence-corrected chi connectivity index (χ0v) is 10.8. The van der Waals surface area contributed by atoms with E-state index in [1.807, 2.05) is 48.9 Å². The van der Waals surface area contributed by atoms with E-state index in [1.54, 1.807) is 23.1 Å². The number of carbonyl (C=O) groups is 1. The quantitative estimate of drug-likeness (QED) is 0.603. The lowest BCUT2D eigenvalue weighted by atomic mass is 10.0. The van der Waals surface area contributed by atoms with Gasteiger partial charge >= 0.3 is 0 Å². The van der Waals surface area contributed by atoms with Gasteiger partial charge in [-0.05, 0) is 48.9 Å². The summed E-state index contributed by atoms with van der Waals surface area (Å²) in [5, 5.41) is 1.96. The number of benzene rings is 1. The van der Waals surface area contributed by atoms with Gasteiger partial charge < -0.3 is 0 Å². The van der Waals surface area contributed by atoms with E-state index in [0.29, 0.717) is 0 Å². The molecule has 0 saturated heterocycles. The number of aryl methyl sites for hydroxylation is 1. The molecule has 0 aliphatic rings. The molecule has 0 fully saturated rings. The Morgan fingerprint density at radius 2 is 1.88 bits per heavy atom. The van der Waals surface area contributed by atoms with E-state index in [-0.39, 0.29) is 5.78 Å². The van der Waals surface area contributed by atoms with Crippen molar-refractivity contribution in [3.8, 4) is 0 Å². The normalized spacial score (nSPS) is 10.4. The molecule has 3 heteroatoms. The van der Waals surface area contributed by atoms with Crippen LogP contribution in [0.1, 0.15) is 20.8 Å². The largest absolute Gasteiger partial charge is 0.289 e. The monoisotopic (exact) mass is 248 g/mol. The van der Waals surface area contributed by atoms with Crippen molar-refractivity contribution in [1.29, 1.82) is 0 Å². The van der Waals surface area contributed by atoms with Crippen molar-refractivity contribution < 1.29 is 4.79 Å². The van der Waals surface area contributed by atoms with Gasteiger partial charge in [0.2, 0.25) is 0 Å². The van der Waals surface area contributed by atoms with E-state index in [0.717, 1.165) is 16.0 Å². The Kier molecular flexibility index (Phi) is 3.46. The first kappa shape index (κ1) is 11.4. The molecule has 0 saturated carbocycles. The van der Waals surface area contributed by atoms with Crippen molar-refractivity contribution in [3.63, 3.8) is 0 Å². The van der Waals surface area contributed by atoms with E-state index >= 15 is 0 Å². The Balaban J connectivity index is 2.31. The summed E-state index contributed by atoms with van der Waals surface area (Å²) in [7, 11) is 0. The molecule has 0 spiro atoms. The molecule has 0 bridgehead atoms. The number of rotatable bonds is 3. The average molecular weight is 248 g/mol. The second kappa shape index (κ2) is 4.85. The minimum Gasteiger partial charge on any atom is -0.289 e. The summed E-state index contributed by atoms with van der Waals surface area (Å²) in [6.45, 7) is 1.98. The lowest BCUT2D eigenvalue weighted by molar-refractivity contribution is 0.103. The average Bonchev–Trinajstić information content (AvgIpc) is 2.75. The van der Waals surface area contributed by atoms with Gasteiger partial charge in [-0.1, -0.05) is 0 Å². The molecular weight excluding hydrogens is 236 g/mol. The lowest BCUT2D eigenvalue weighted by Gasteiger charge is -2.01. The number of thiophene rings is 1. The maximum Gasteiger partial charge on any atom is 0.194 e. The van der Waals surface area contributed by atoms with Crippen molar-refractivity contribution >= 4 is 28.9 Å². The Morgan fingerprint density at radius 1 is 1.19 bits per heavy atom. The molecule has 16 heavy (non-hydrogen) atoms. The third-order valence-electron chi connectivity index (χ3n) is 2.46. The van der Waals surface area contributed by atoms with Gasteiger partial charge in [0.25, 0.3) is 0 Å². The molecule has 0 aliphatic heterocycles. The third-order valence-corrected chi connectivity index (χ3v) is 4.04. The third kappa shape index (κ3) is 2.20. The van der Waals surface area contributed by atoms with Crippen LogP contribution in [-0.2, 0) is 0 Å². The van der Waals surface area contributed by atoms with Crippen LogP contribution in [0.3, 0.4) is 0 Å². The van der Waals surface area contributed by atoms with E-state index in [1.165, 1.54) is 4.90 Å². The van der Waals surface area contributed by atoms with Crippen LogP contribution in [0.5, 0.6) is 0 Å². The summed E-state index contributed by atoms with van der Waals surface area (Å²) in [5.74, 6) is 0.117. The second-order valence-corrected chi connectivity index (χ2v) is 5.45. The fourth-order valence-corrected chi connectivity index (χ4v) is 2.62. The predicted molar refractivity (Wildman–Crippen MR) is 70.7 cm³/mol.